The molecule has 0 aliphatic carbocycles. The Kier molecular flexibility index (Phi) is 5.38. The van der Waals surface area contributed by atoms with Gasteiger partial charge >= 0.3 is 0 Å². The second kappa shape index (κ2) is 8.01. The highest BCUT2D eigenvalue weighted by atomic mass is 16.2. The molecule has 0 unspecified atom stereocenters. The summed E-state index contributed by atoms with van der Waals surface area (Å²) >= 11 is 0. The number of aryl methyl sites for hydroxylation is 1. The zero-order valence-electron chi connectivity index (χ0n) is 18.4. The first-order chi connectivity index (χ1) is 14.7. The minimum atomic E-state index is -0.117. The topological polar surface area (TPSA) is 117 Å². The van der Waals surface area contributed by atoms with Gasteiger partial charge in [-0.25, -0.2) is 0 Å². The second-order valence-corrected chi connectivity index (χ2v) is 8.87. The Labute approximate surface area is 181 Å². The monoisotopic (exact) mass is 423 g/mol. The van der Waals surface area contributed by atoms with Crippen LogP contribution in [0.1, 0.15) is 39.3 Å². The summed E-state index contributed by atoms with van der Waals surface area (Å²) in [4.78, 5) is 23.2. The number of fused-ring (bicyclic) bond motifs is 1. The first kappa shape index (κ1) is 20.8. The minimum absolute atomic E-state index is 0.0444. The highest BCUT2D eigenvalue weighted by Gasteiger charge is 2.24. The number of nitrogens with zero attached hydrogens (tertiary/aromatic N) is 6. The number of aromatic nitrogens is 6. The van der Waals surface area contributed by atoms with Gasteiger partial charge in [0.2, 0.25) is 11.9 Å². The summed E-state index contributed by atoms with van der Waals surface area (Å²) in [7, 11) is 0. The van der Waals surface area contributed by atoms with Crippen LogP contribution in [0.3, 0.4) is 0 Å². The lowest BCUT2D eigenvalue weighted by Gasteiger charge is -2.33. The second-order valence-electron chi connectivity index (χ2n) is 8.87. The third-order valence-corrected chi connectivity index (χ3v) is 5.37. The predicted octanol–water partition coefficient (Wildman–Crippen LogP) is 2.95. The van der Waals surface area contributed by atoms with E-state index in [0.717, 1.165) is 36.2 Å². The van der Waals surface area contributed by atoms with Crippen LogP contribution in [-0.4, -0.2) is 59.9 Å². The van der Waals surface area contributed by atoms with Crippen LogP contribution in [0.2, 0.25) is 0 Å². The molecule has 0 bridgehead atoms. The Bertz CT molecular complexity index is 1110. The number of hydrogen-bond donors (Lipinski definition) is 3. The zero-order valence-corrected chi connectivity index (χ0v) is 18.4. The molecule has 3 aromatic heterocycles. The number of likely N-dealkylation sites (tertiary alicyclic amines) is 1. The Morgan fingerprint density at radius 1 is 1.35 bits per heavy atom. The van der Waals surface area contributed by atoms with Gasteiger partial charge in [-0.1, -0.05) is 6.58 Å². The largest absolute Gasteiger partial charge is 0.365 e. The lowest BCUT2D eigenvalue weighted by atomic mass is 10.1. The van der Waals surface area contributed by atoms with Gasteiger partial charge in [-0.05, 0) is 46.6 Å². The molecular weight excluding hydrogens is 394 g/mol. The summed E-state index contributed by atoms with van der Waals surface area (Å²) in [6.07, 6.45) is 6.92. The van der Waals surface area contributed by atoms with Crippen molar-refractivity contribution in [2.24, 2.45) is 0 Å². The van der Waals surface area contributed by atoms with Crippen molar-refractivity contribution in [3.63, 3.8) is 0 Å². The van der Waals surface area contributed by atoms with Gasteiger partial charge in [0.05, 0.1) is 28.5 Å². The molecule has 31 heavy (non-hydrogen) atoms. The molecule has 1 aliphatic heterocycles. The van der Waals surface area contributed by atoms with Crippen LogP contribution in [0.4, 0.5) is 17.5 Å². The number of hydrogen-bond acceptors (Lipinski definition) is 7. The van der Waals surface area contributed by atoms with Crippen molar-refractivity contribution < 1.29 is 4.79 Å². The van der Waals surface area contributed by atoms with Crippen LogP contribution in [0.25, 0.3) is 11.0 Å². The van der Waals surface area contributed by atoms with Crippen molar-refractivity contribution in [1.29, 1.82) is 0 Å². The predicted molar refractivity (Wildman–Crippen MR) is 120 cm³/mol. The molecule has 1 atom stereocenters. The Morgan fingerprint density at radius 3 is 2.87 bits per heavy atom. The minimum Gasteiger partial charge on any atom is -0.365 e. The summed E-state index contributed by atoms with van der Waals surface area (Å²) < 4.78 is 1.89. The molecular formula is C21H29N9O. The average molecular weight is 424 g/mol. The third-order valence-electron chi connectivity index (χ3n) is 5.37. The van der Waals surface area contributed by atoms with E-state index in [2.05, 4.69) is 58.3 Å². The molecule has 1 aliphatic rings. The zero-order chi connectivity index (χ0) is 22.2. The standard InChI is InChI=1S/C21H29N9O/c1-6-16(31)29-9-7-8-14(11-29)23-18-17-13(2)27-28-19(17)26-20(25-18)24-15-10-22-30(12-15)21(3,4)5/h6,10,12,14H,1,7-9,11H2,2-5H3,(H3,23,24,25,26,27,28)/t14-/m1/s1. The fourth-order valence-corrected chi connectivity index (χ4v) is 3.74. The number of piperidine rings is 1. The van der Waals surface area contributed by atoms with Crippen molar-refractivity contribution in [2.75, 3.05) is 23.7 Å². The molecule has 1 fully saturated rings. The van der Waals surface area contributed by atoms with E-state index >= 15 is 0 Å². The Balaban J connectivity index is 1.60. The fraction of sp³-hybridized carbons (Fsp3) is 0.476. The lowest BCUT2D eigenvalue weighted by Crippen LogP contribution is -2.44. The molecule has 3 aromatic rings. The van der Waals surface area contributed by atoms with Gasteiger partial charge in [0.15, 0.2) is 5.65 Å². The first-order valence-corrected chi connectivity index (χ1v) is 10.5. The van der Waals surface area contributed by atoms with E-state index in [1.807, 2.05) is 22.7 Å². The van der Waals surface area contributed by atoms with E-state index in [1.54, 1.807) is 6.20 Å². The smallest absolute Gasteiger partial charge is 0.246 e. The lowest BCUT2D eigenvalue weighted by molar-refractivity contribution is -0.127. The van der Waals surface area contributed by atoms with Gasteiger partial charge in [-0.3, -0.25) is 14.6 Å². The van der Waals surface area contributed by atoms with Crippen LogP contribution < -0.4 is 10.6 Å². The van der Waals surface area contributed by atoms with Crippen LogP contribution in [0.5, 0.6) is 0 Å². The van der Waals surface area contributed by atoms with Crippen molar-refractivity contribution in [3.05, 3.63) is 30.7 Å². The number of nitrogens with one attached hydrogen (secondary N) is 3. The number of amides is 1. The van der Waals surface area contributed by atoms with Crippen molar-refractivity contribution in [3.8, 4) is 0 Å². The molecule has 3 N–H and O–H groups in total. The molecule has 0 spiro atoms. The van der Waals surface area contributed by atoms with E-state index in [4.69, 9.17) is 4.98 Å². The average Bonchev–Trinajstić information content (AvgIpc) is 3.34. The molecule has 164 valence electrons. The maximum absolute atomic E-state index is 12.0. The Hall–Kier alpha value is -3.43. The summed E-state index contributed by atoms with van der Waals surface area (Å²) in [6, 6.07) is 0.0848. The first-order valence-electron chi connectivity index (χ1n) is 10.5. The highest BCUT2D eigenvalue weighted by Crippen LogP contribution is 2.27. The van der Waals surface area contributed by atoms with Gasteiger partial charge in [-0.15, -0.1) is 0 Å². The van der Waals surface area contributed by atoms with E-state index < -0.39 is 0 Å². The normalized spacial score (nSPS) is 17.0. The van der Waals surface area contributed by atoms with Crippen molar-refractivity contribution >= 4 is 34.4 Å². The van der Waals surface area contributed by atoms with Gasteiger partial charge < -0.3 is 15.5 Å². The highest BCUT2D eigenvalue weighted by molar-refractivity contribution is 5.90. The van der Waals surface area contributed by atoms with Crippen LogP contribution in [-0.2, 0) is 10.3 Å². The molecule has 4 rings (SSSR count). The number of rotatable bonds is 5. The summed E-state index contributed by atoms with van der Waals surface area (Å²) in [5, 5.41) is 19.3. The van der Waals surface area contributed by atoms with Crippen LogP contribution in [0.15, 0.2) is 25.0 Å². The maximum atomic E-state index is 12.0. The summed E-state index contributed by atoms with van der Waals surface area (Å²) in [6.45, 7) is 13.1. The fourth-order valence-electron chi connectivity index (χ4n) is 3.74. The summed E-state index contributed by atoms with van der Waals surface area (Å²) in [5.41, 5.74) is 2.15. The quantitative estimate of drug-likeness (QED) is 0.540. The molecule has 0 saturated carbocycles. The van der Waals surface area contributed by atoms with Gasteiger partial charge in [0, 0.05) is 25.3 Å². The maximum Gasteiger partial charge on any atom is 0.246 e. The van der Waals surface area contributed by atoms with Crippen LogP contribution in [0, 0.1) is 6.92 Å². The van der Waals surface area contributed by atoms with Gasteiger partial charge in [-0.2, -0.15) is 20.2 Å². The number of carbonyl (C=O) groups excluding carboxylic acids is 1. The Morgan fingerprint density at radius 2 is 2.16 bits per heavy atom. The van der Waals surface area contributed by atoms with E-state index in [9.17, 15) is 4.79 Å². The molecule has 1 saturated heterocycles. The molecule has 10 nitrogen and oxygen atoms in total. The number of anilines is 3. The molecule has 4 heterocycles. The molecule has 0 radical (unpaired) electrons. The van der Waals surface area contributed by atoms with Crippen LogP contribution >= 0.6 is 0 Å². The number of H-pyrrole nitrogens is 1. The molecule has 0 aromatic carbocycles. The molecule has 1 amide bonds. The number of carbonyl (C=O) groups is 1. The SMILES string of the molecule is C=CC(=O)N1CCC[C@@H](Nc2nc(Nc3cnn(C(C)(C)C)c3)nc3[nH]nc(C)c23)C1. The van der Waals surface area contributed by atoms with Crippen molar-refractivity contribution in [1.82, 2.24) is 34.8 Å². The van der Waals surface area contributed by atoms with Crippen molar-refractivity contribution in [2.45, 2.75) is 52.1 Å². The van der Waals surface area contributed by atoms with E-state index in [-0.39, 0.29) is 17.5 Å². The van der Waals surface area contributed by atoms with Gasteiger partial charge in [0.25, 0.3) is 0 Å². The molecule has 10 heteroatoms. The third kappa shape index (κ3) is 4.37. The van der Waals surface area contributed by atoms with E-state index in [0.29, 0.717) is 24.0 Å². The summed E-state index contributed by atoms with van der Waals surface area (Å²) in [5.74, 6) is 1.10. The van der Waals surface area contributed by atoms with Gasteiger partial charge in [0.1, 0.15) is 5.82 Å². The van der Waals surface area contributed by atoms with E-state index in [1.165, 1.54) is 6.08 Å². The number of aromatic amines is 1.